The third-order valence-electron chi connectivity index (χ3n) is 3.25. The number of fused-ring (bicyclic) bond motifs is 1. The molecule has 112 valence electrons. The van der Waals surface area contributed by atoms with Crippen LogP contribution in [0, 0.1) is 0 Å². The molecule has 0 atom stereocenters. The van der Waals surface area contributed by atoms with Crippen LogP contribution in [-0.4, -0.2) is 12.1 Å². The Kier molecular flexibility index (Phi) is 4.36. The molecular weight excluding hydrogens is 321 g/mol. The van der Waals surface area contributed by atoms with Crippen molar-refractivity contribution in [3.63, 3.8) is 0 Å². The molecule has 0 fully saturated rings. The first-order chi connectivity index (χ1) is 10.7. The topological polar surface area (TPSA) is 31.4 Å². The minimum absolute atomic E-state index is 0.344. The van der Waals surface area contributed by atoms with Gasteiger partial charge in [0.1, 0.15) is 11.8 Å². The predicted octanol–water partition coefficient (Wildman–Crippen LogP) is 5.13. The van der Waals surface area contributed by atoms with Gasteiger partial charge in [-0.1, -0.05) is 53.5 Å². The molecule has 0 spiro atoms. The first-order valence-electron chi connectivity index (χ1n) is 6.68. The van der Waals surface area contributed by atoms with Gasteiger partial charge in [-0.3, -0.25) is 0 Å². The van der Waals surface area contributed by atoms with Crippen LogP contribution in [0.5, 0.6) is 11.5 Å². The molecule has 3 rings (SSSR count). The van der Waals surface area contributed by atoms with Gasteiger partial charge in [0.25, 0.3) is 0 Å². The summed E-state index contributed by atoms with van der Waals surface area (Å²) in [4.78, 5) is 4.27. The summed E-state index contributed by atoms with van der Waals surface area (Å²) >= 11 is 12.2. The van der Waals surface area contributed by atoms with E-state index in [4.69, 9.17) is 32.7 Å². The van der Waals surface area contributed by atoms with E-state index in [2.05, 4.69) is 4.98 Å². The summed E-state index contributed by atoms with van der Waals surface area (Å²) in [6.07, 6.45) is 0. The predicted molar refractivity (Wildman–Crippen MR) is 89.1 cm³/mol. The lowest BCUT2D eigenvalue weighted by Crippen LogP contribution is -1.98. The van der Waals surface area contributed by atoms with Gasteiger partial charge in [0.05, 0.1) is 17.6 Å². The molecule has 0 amide bonds. The van der Waals surface area contributed by atoms with E-state index < -0.39 is 0 Å². The Morgan fingerprint density at radius 2 is 1.77 bits per heavy atom. The molecule has 0 bridgehead atoms. The standard InChI is InChI=1S/C17H13Cl2NO2/c1-21-15-7-12-13(18)8-17(19)20-14(12)9-16(15)22-10-11-5-3-2-4-6-11/h2-9H,10H2,1H3. The lowest BCUT2D eigenvalue weighted by Gasteiger charge is -2.12. The van der Waals surface area contributed by atoms with Crippen molar-refractivity contribution in [3.05, 3.63) is 64.3 Å². The van der Waals surface area contributed by atoms with Crippen molar-refractivity contribution in [2.75, 3.05) is 7.11 Å². The molecule has 3 nitrogen and oxygen atoms in total. The van der Waals surface area contributed by atoms with Crippen molar-refractivity contribution in [2.45, 2.75) is 6.61 Å². The molecule has 0 aliphatic carbocycles. The Hall–Kier alpha value is -1.97. The largest absolute Gasteiger partial charge is 0.493 e. The molecule has 1 aromatic heterocycles. The zero-order chi connectivity index (χ0) is 15.5. The second kappa shape index (κ2) is 6.42. The summed E-state index contributed by atoms with van der Waals surface area (Å²) in [6.45, 7) is 0.441. The summed E-state index contributed by atoms with van der Waals surface area (Å²) in [7, 11) is 1.59. The summed E-state index contributed by atoms with van der Waals surface area (Å²) in [5.74, 6) is 1.21. The molecule has 22 heavy (non-hydrogen) atoms. The van der Waals surface area contributed by atoms with Crippen LogP contribution >= 0.6 is 23.2 Å². The number of nitrogens with zero attached hydrogens (tertiary/aromatic N) is 1. The zero-order valence-electron chi connectivity index (χ0n) is 11.8. The van der Waals surface area contributed by atoms with Crippen molar-refractivity contribution in [1.29, 1.82) is 0 Å². The Bertz CT molecular complexity index is 807. The normalized spacial score (nSPS) is 10.7. The number of ether oxygens (including phenoxy) is 2. The lowest BCUT2D eigenvalue weighted by atomic mass is 10.2. The smallest absolute Gasteiger partial charge is 0.163 e. The first kappa shape index (κ1) is 14.9. The highest BCUT2D eigenvalue weighted by atomic mass is 35.5. The van der Waals surface area contributed by atoms with Crippen LogP contribution < -0.4 is 9.47 Å². The van der Waals surface area contributed by atoms with E-state index in [-0.39, 0.29) is 0 Å². The van der Waals surface area contributed by atoms with Crippen molar-refractivity contribution < 1.29 is 9.47 Å². The van der Waals surface area contributed by atoms with Gasteiger partial charge in [-0.15, -0.1) is 0 Å². The van der Waals surface area contributed by atoms with E-state index in [1.807, 2.05) is 30.3 Å². The maximum atomic E-state index is 6.20. The van der Waals surface area contributed by atoms with Crippen LogP contribution in [0.3, 0.4) is 0 Å². The van der Waals surface area contributed by atoms with Gasteiger partial charge >= 0.3 is 0 Å². The number of hydrogen-bond acceptors (Lipinski definition) is 3. The number of aromatic nitrogens is 1. The van der Waals surface area contributed by atoms with Gasteiger partial charge in [0.2, 0.25) is 0 Å². The van der Waals surface area contributed by atoms with E-state index >= 15 is 0 Å². The number of rotatable bonds is 4. The van der Waals surface area contributed by atoms with Crippen LogP contribution in [0.2, 0.25) is 10.2 Å². The van der Waals surface area contributed by atoms with Gasteiger partial charge in [-0.05, 0) is 17.7 Å². The van der Waals surface area contributed by atoms with E-state index in [1.165, 1.54) is 0 Å². The van der Waals surface area contributed by atoms with Crippen LogP contribution in [-0.2, 0) is 6.61 Å². The second-order valence-corrected chi connectivity index (χ2v) is 5.52. The number of benzene rings is 2. The maximum Gasteiger partial charge on any atom is 0.163 e. The average Bonchev–Trinajstić information content (AvgIpc) is 2.53. The molecule has 5 heteroatoms. The molecule has 1 heterocycles. The third-order valence-corrected chi connectivity index (χ3v) is 3.76. The summed E-state index contributed by atoms with van der Waals surface area (Å²) in [5, 5.41) is 1.65. The Labute approximate surface area is 138 Å². The van der Waals surface area contributed by atoms with Crippen molar-refractivity contribution >= 4 is 34.1 Å². The van der Waals surface area contributed by atoms with Crippen LogP contribution in [0.15, 0.2) is 48.5 Å². The van der Waals surface area contributed by atoms with Crippen LogP contribution in [0.1, 0.15) is 5.56 Å². The summed E-state index contributed by atoms with van der Waals surface area (Å²) < 4.78 is 11.2. The number of hydrogen-bond donors (Lipinski definition) is 0. The zero-order valence-corrected chi connectivity index (χ0v) is 13.4. The SMILES string of the molecule is COc1cc2c(Cl)cc(Cl)nc2cc1OCc1ccccc1. The quantitative estimate of drug-likeness (QED) is 0.620. The first-order valence-corrected chi connectivity index (χ1v) is 7.43. The van der Waals surface area contributed by atoms with Crippen LogP contribution in [0.4, 0.5) is 0 Å². The van der Waals surface area contributed by atoms with E-state index in [9.17, 15) is 0 Å². The molecule has 2 aromatic carbocycles. The fourth-order valence-electron chi connectivity index (χ4n) is 2.17. The molecular formula is C17H13Cl2NO2. The monoisotopic (exact) mass is 333 g/mol. The molecule has 0 saturated carbocycles. The third kappa shape index (κ3) is 3.11. The van der Waals surface area contributed by atoms with Crippen molar-refractivity contribution in [3.8, 4) is 11.5 Å². The highest BCUT2D eigenvalue weighted by Gasteiger charge is 2.11. The number of pyridine rings is 1. The van der Waals surface area contributed by atoms with Gasteiger partial charge in [-0.25, -0.2) is 4.98 Å². The van der Waals surface area contributed by atoms with Gasteiger partial charge in [0, 0.05) is 11.5 Å². The highest BCUT2D eigenvalue weighted by molar-refractivity contribution is 6.37. The fourth-order valence-corrected chi connectivity index (χ4v) is 2.68. The molecule has 0 saturated heterocycles. The van der Waals surface area contributed by atoms with Gasteiger partial charge in [0.15, 0.2) is 11.5 Å². The van der Waals surface area contributed by atoms with Crippen molar-refractivity contribution in [1.82, 2.24) is 4.98 Å². The highest BCUT2D eigenvalue weighted by Crippen LogP contribution is 2.36. The number of methoxy groups -OCH3 is 1. The minimum atomic E-state index is 0.344. The van der Waals surface area contributed by atoms with Crippen LogP contribution in [0.25, 0.3) is 10.9 Å². The second-order valence-electron chi connectivity index (χ2n) is 4.72. The molecule has 0 aliphatic rings. The summed E-state index contributed by atoms with van der Waals surface area (Å²) in [6, 6.07) is 15.1. The van der Waals surface area contributed by atoms with E-state index in [0.717, 1.165) is 10.9 Å². The van der Waals surface area contributed by atoms with Gasteiger partial charge in [-0.2, -0.15) is 0 Å². The lowest BCUT2D eigenvalue weighted by molar-refractivity contribution is 0.285. The van der Waals surface area contributed by atoms with Crippen molar-refractivity contribution in [2.24, 2.45) is 0 Å². The van der Waals surface area contributed by atoms with E-state index in [0.29, 0.717) is 33.8 Å². The fraction of sp³-hybridized carbons (Fsp3) is 0.118. The molecule has 3 aromatic rings. The molecule has 0 unspecified atom stereocenters. The Morgan fingerprint density at radius 3 is 2.50 bits per heavy atom. The Morgan fingerprint density at radius 1 is 1.00 bits per heavy atom. The summed E-state index contributed by atoms with van der Waals surface area (Å²) in [5.41, 5.74) is 1.74. The maximum absolute atomic E-state index is 6.20. The van der Waals surface area contributed by atoms with Gasteiger partial charge < -0.3 is 9.47 Å². The van der Waals surface area contributed by atoms with E-state index in [1.54, 1.807) is 25.3 Å². The molecule has 0 aliphatic heterocycles. The average molecular weight is 334 g/mol. The number of halogens is 2. The Balaban J connectivity index is 1.97. The minimum Gasteiger partial charge on any atom is -0.493 e. The molecule has 0 N–H and O–H groups in total. The molecule has 0 radical (unpaired) electrons.